The smallest absolute Gasteiger partial charge is 0.328 e. The summed E-state index contributed by atoms with van der Waals surface area (Å²) in [4.78, 5) is 51.8. The lowest BCUT2D eigenvalue weighted by molar-refractivity contribution is -0.131. The molecule has 0 radical (unpaired) electrons. The van der Waals surface area contributed by atoms with Gasteiger partial charge in [-0.15, -0.1) is 0 Å². The number of fused-ring (bicyclic) bond motifs is 1. The van der Waals surface area contributed by atoms with Gasteiger partial charge in [-0.2, -0.15) is 5.26 Å². The second-order valence-corrected chi connectivity index (χ2v) is 9.72. The Labute approximate surface area is 215 Å². The van der Waals surface area contributed by atoms with E-state index >= 15 is 0 Å². The summed E-state index contributed by atoms with van der Waals surface area (Å²) in [6, 6.07) is 5.08. The van der Waals surface area contributed by atoms with Gasteiger partial charge in [0.05, 0.1) is 18.8 Å². The molecule has 0 bridgehead atoms. The Morgan fingerprint density at radius 1 is 1.27 bits per heavy atom. The van der Waals surface area contributed by atoms with Crippen LogP contribution in [-0.4, -0.2) is 77.3 Å². The number of aromatic nitrogens is 2. The molecule has 11 heteroatoms. The van der Waals surface area contributed by atoms with E-state index in [0.29, 0.717) is 61.6 Å². The second kappa shape index (κ2) is 10.5. The molecule has 0 unspecified atom stereocenters. The number of likely N-dealkylation sites (N-methyl/N-ethyl adjacent to an activating group) is 1. The number of amides is 3. The van der Waals surface area contributed by atoms with Crippen LogP contribution in [0.5, 0.6) is 5.75 Å². The highest BCUT2D eigenvalue weighted by atomic mass is 16.5. The van der Waals surface area contributed by atoms with Crippen LogP contribution in [0.3, 0.4) is 0 Å². The number of hydrogen-bond donors (Lipinski definition) is 1. The quantitative estimate of drug-likeness (QED) is 0.594. The van der Waals surface area contributed by atoms with Crippen LogP contribution < -0.4 is 15.0 Å². The molecule has 3 aliphatic rings. The zero-order valence-electron chi connectivity index (χ0n) is 20.8. The molecule has 2 aromatic rings. The van der Waals surface area contributed by atoms with Crippen molar-refractivity contribution in [3.05, 3.63) is 40.7 Å². The Kier molecular flexibility index (Phi) is 7.01. The number of hydrogen-bond acceptors (Lipinski definition) is 8. The van der Waals surface area contributed by atoms with Crippen LogP contribution in [0.2, 0.25) is 0 Å². The van der Waals surface area contributed by atoms with Gasteiger partial charge < -0.3 is 9.64 Å². The van der Waals surface area contributed by atoms with Crippen LogP contribution in [0.1, 0.15) is 52.9 Å². The topological polar surface area (TPSA) is 132 Å². The van der Waals surface area contributed by atoms with Crippen molar-refractivity contribution in [3.63, 3.8) is 0 Å². The molecule has 2 aromatic heterocycles. The molecule has 0 aromatic carbocycles. The number of urea groups is 1. The van der Waals surface area contributed by atoms with Gasteiger partial charge in [-0.3, -0.25) is 24.7 Å². The highest BCUT2D eigenvalue weighted by Crippen LogP contribution is 2.31. The number of anilines is 2. The van der Waals surface area contributed by atoms with Crippen molar-refractivity contribution in [1.82, 2.24) is 19.8 Å². The van der Waals surface area contributed by atoms with Crippen molar-refractivity contribution < 1.29 is 19.1 Å². The van der Waals surface area contributed by atoms with Gasteiger partial charge in [0.25, 0.3) is 0 Å². The third kappa shape index (κ3) is 5.54. The molecule has 2 aliphatic heterocycles. The number of nitrogens with one attached hydrogen (secondary N) is 1. The summed E-state index contributed by atoms with van der Waals surface area (Å²) in [5.74, 6) is 1.12. The average molecular weight is 504 g/mol. The van der Waals surface area contributed by atoms with Gasteiger partial charge in [0.15, 0.2) is 6.29 Å². The van der Waals surface area contributed by atoms with Gasteiger partial charge in [-0.25, -0.2) is 14.8 Å². The molecule has 3 amide bonds. The van der Waals surface area contributed by atoms with Gasteiger partial charge in [-0.1, -0.05) is 0 Å². The first-order chi connectivity index (χ1) is 17.9. The number of ether oxygens (including phenoxy) is 1. The minimum Gasteiger partial charge on any atom is -0.489 e. The fraction of sp³-hybridized carbons (Fsp3) is 0.462. The van der Waals surface area contributed by atoms with Crippen molar-refractivity contribution in [3.8, 4) is 11.8 Å². The third-order valence-electron chi connectivity index (χ3n) is 6.76. The first kappa shape index (κ1) is 24.6. The standard InChI is InChI=1S/C26H29N7O4/c1-31-7-3-8-32(24(35)15-31)14-18-10-17-4-2-9-33(25(17)29-21(18)16-34)26(36)30-23-11-22(37-20-5-6-20)19(12-27)13-28-23/h10-11,13,16,20H,2-9,14-15H2,1H3,(H,28,30,36). The molecule has 1 aliphatic carbocycles. The fourth-order valence-electron chi connectivity index (χ4n) is 4.65. The Hall–Kier alpha value is -4.04. The Bertz CT molecular complexity index is 1270. The lowest BCUT2D eigenvalue weighted by Crippen LogP contribution is -2.40. The average Bonchev–Trinajstić information content (AvgIpc) is 3.72. The molecule has 5 rings (SSSR count). The Morgan fingerprint density at radius 2 is 2.11 bits per heavy atom. The fourth-order valence-corrected chi connectivity index (χ4v) is 4.65. The summed E-state index contributed by atoms with van der Waals surface area (Å²) in [6.45, 7) is 2.56. The van der Waals surface area contributed by atoms with Crippen LogP contribution in [0.4, 0.5) is 16.4 Å². The van der Waals surface area contributed by atoms with E-state index in [-0.39, 0.29) is 23.5 Å². The van der Waals surface area contributed by atoms with Crippen molar-refractivity contribution in [2.75, 3.05) is 43.4 Å². The van der Waals surface area contributed by atoms with E-state index in [9.17, 15) is 19.6 Å². The zero-order chi connectivity index (χ0) is 25.9. The van der Waals surface area contributed by atoms with Crippen LogP contribution in [-0.2, 0) is 17.8 Å². The molecular weight excluding hydrogens is 474 g/mol. The van der Waals surface area contributed by atoms with Crippen molar-refractivity contribution in [2.24, 2.45) is 0 Å². The molecule has 1 saturated heterocycles. The van der Waals surface area contributed by atoms with Crippen LogP contribution in [0.15, 0.2) is 18.3 Å². The summed E-state index contributed by atoms with van der Waals surface area (Å²) >= 11 is 0. The number of rotatable bonds is 6. The minimum absolute atomic E-state index is 0.0236. The maximum atomic E-state index is 13.2. The van der Waals surface area contributed by atoms with E-state index in [1.54, 1.807) is 11.0 Å². The second-order valence-electron chi connectivity index (χ2n) is 9.72. The Morgan fingerprint density at radius 3 is 2.86 bits per heavy atom. The number of carbonyl (C=O) groups excluding carboxylic acids is 3. The van der Waals surface area contributed by atoms with E-state index in [2.05, 4.69) is 21.4 Å². The van der Waals surface area contributed by atoms with Gasteiger partial charge in [0.2, 0.25) is 5.91 Å². The first-order valence-electron chi connectivity index (χ1n) is 12.5. The third-order valence-corrected chi connectivity index (χ3v) is 6.76. The molecule has 1 saturated carbocycles. The summed E-state index contributed by atoms with van der Waals surface area (Å²) < 4.78 is 5.79. The molecule has 4 heterocycles. The predicted molar refractivity (Wildman–Crippen MR) is 134 cm³/mol. The molecule has 0 spiro atoms. The molecule has 2 fully saturated rings. The van der Waals surface area contributed by atoms with Gasteiger partial charge >= 0.3 is 6.03 Å². The summed E-state index contributed by atoms with van der Waals surface area (Å²) in [7, 11) is 1.92. The summed E-state index contributed by atoms with van der Waals surface area (Å²) in [5, 5.41) is 12.1. The molecular formula is C26H29N7O4. The number of aldehydes is 1. The molecule has 192 valence electrons. The summed E-state index contributed by atoms with van der Waals surface area (Å²) in [6.07, 6.45) is 6.34. The maximum Gasteiger partial charge on any atom is 0.328 e. The number of aryl methyl sites for hydroxylation is 1. The van der Waals surface area contributed by atoms with E-state index < -0.39 is 6.03 Å². The highest BCUT2D eigenvalue weighted by molar-refractivity contribution is 6.01. The van der Waals surface area contributed by atoms with Crippen LogP contribution in [0, 0.1) is 11.3 Å². The van der Waals surface area contributed by atoms with Crippen molar-refractivity contribution in [1.29, 1.82) is 5.26 Å². The molecule has 1 N–H and O–H groups in total. The lowest BCUT2D eigenvalue weighted by atomic mass is 10.0. The van der Waals surface area contributed by atoms with Crippen molar-refractivity contribution >= 4 is 29.9 Å². The minimum atomic E-state index is -0.432. The Balaban J connectivity index is 1.36. The summed E-state index contributed by atoms with van der Waals surface area (Å²) in [5.41, 5.74) is 2.07. The number of pyridine rings is 2. The first-order valence-corrected chi connectivity index (χ1v) is 12.5. The van der Waals surface area contributed by atoms with Crippen LogP contribution >= 0.6 is 0 Å². The number of nitriles is 1. The predicted octanol–water partition coefficient (Wildman–Crippen LogP) is 2.35. The van der Waals surface area contributed by atoms with E-state index in [1.807, 2.05) is 18.0 Å². The maximum absolute atomic E-state index is 13.2. The SMILES string of the molecule is CN1CCCN(Cc2cc3c(nc2C=O)N(C(=O)Nc2cc(OC4CC4)c(C#N)cn2)CCC3)C(=O)C1. The lowest BCUT2D eigenvalue weighted by Gasteiger charge is -2.30. The van der Waals surface area contributed by atoms with Gasteiger partial charge in [0, 0.05) is 37.8 Å². The van der Waals surface area contributed by atoms with Gasteiger partial charge in [0.1, 0.15) is 34.7 Å². The van der Waals surface area contributed by atoms with E-state index in [1.165, 1.54) is 11.1 Å². The largest absolute Gasteiger partial charge is 0.489 e. The van der Waals surface area contributed by atoms with Crippen LogP contribution in [0.25, 0.3) is 0 Å². The number of carbonyl (C=O) groups is 3. The van der Waals surface area contributed by atoms with E-state index in [4.69, 9.17) is 4.74 Å². The monoisotopic (exact) mass is 503 g/mol. The molecule has 0 atom stereocenters. The molecule has 37 heavy (non-hydrogen) atoms. The van der Waals surface area contributed by atoms with Crippen molar-refractivity contribution in [2.45, 2.75) is 44.8 Å². The zero-order valence-corrected chi connectivity index (χ0v) is 20.8. The van der Waals surface area contributed by atoms with E-state index in [0.717, 1.165) is 37.8 Å². The highest BCUT2D eigenvalue weighted by Gasteiger charge is 2.29. The normalized spacial score (nSPS) is 18.0. The number of nitrogens with zero attached hydrogens (tertiary/aromatic N) is 6. The molecule has 11 nitrogen and oxygen atoms in total. The van der Waals surface area contributed by atoms with Gasteiger partial charge in [-0.05, 0) is 50.8 Å².